The molecule has 0 saturated heterocycles. The van der Waals surface area contributed by atoms with Crippen molar-refractivity contribution < 1.29 is 28.7 Å². The van der Waals surface area contributed by atoms with E-state index in [0.29, 0.717) is 17.9 Å². The maximum absolute atomic E-state index is 14.0. The lowest BCUT2D eigenvalue weighted by Crippen LogP contribution is -2.56. The van der Waals surface area contributed by atoms with Gasteiger partial charge in [0.2, 0.25) is 11.8 Å². The fourth-order valence-corrected chi connectivity index (χ4v) is 3.98. The van der Waals surface area contributed by atoms with Gasteiger partial charge in [-0.15, -0.1) is 0 Å². The number of nitrogens with one attached hydrogen (secondary N) is 2. The summed E-state index contributed by atoms with van der Waals surface area (Å²) in [5.74, 6) is -1.24. The number of carbonyl (C=O) groups is 4. The minimum absolute atomic E-state index is 0.00417. The molecular weight excluding hydrogens is 494 g/mol. The maximum Gasteiger partial charge on any atom is 0.408 e. The molecule has 208 valence electrons. The van der Waals surface area contributed by atoms with Gasteiger partial charge in [0.15, 0.2) is 0 Å². The van der Waals surface area contributed by atoms with Crippen molar-refractivity contribution in [2.24, 2.45) is 5.92 Å². The van der Waals surface area contributed by atoms with Gasteiger partial charge in [-0.2, -0.15) is 12.6 Å². The summed E-state index contributed by atoms with van der Waals surface area (Å²) in [5, 5.41) is 5.20. The van der Waals surface area contributed by atoms with E-state index < -0.39 is 41.6 Å². The molecule has 0 aliphatic rings. The molecule has 3 unspecified atom stereocenters. The number of hydrogen-bond acceptors (Lipinski definition) is 7. The Hall–Kier alpha value is -2.75. The van der Waals surface area contributed by atoms with Crippen molar-refractivity contribution in [3.05, 3.63) is 35.4 Å². The van der Waals surface area contributed by atoms with Crippen LogP contribution in [0.25, 0.3) is 0 Å². The average molecular weight is 538 g/mol. The third kappa shape index (κ3) is 11.0. The van der Waals surface area contributed by atoms with Crippen molar-refractivity contribution in [3.8, 4) is 0 Å². The Morgan fingerprint density at radius 3 is 2.24 bits per heavy atom. The monoisotopic (exact) mass is 537 g/mol. The Balaban J connectivity index is 3.51. The topological polar surface area (TPSA) is 114 Å². The molecule has 0 aliphatic carbocycles. The zero-order valence-corrected chi connectivity index (χ0v) is 24.2. The van der Waals surface area contributed by atoms with Crippen LogP contribution in [0, 0.1) is 12.8 Å². The molecule has 10 heteroatoms. The van der Waals surface area contributed by atoms with Crippen molar-refractivity contribution in [2.45, 2.75) is 85.0 Å². The molecule has 0 aliphatic heterocycles. The molecule has 9 nitrogen and oxygen atoms in total. The molecule has 0 saturated carbocycles. The molecule has 1 aromatic rings. The maximum atomic E-state index is 14.0. The zero-order chi connectivity index (χ0) is 28.3. The number of esters is 1. The van der Waals surface area contributed by atoms with Crippen LogP contribution in [0.15, 0.2) is 24.3 Å². The molecule has 1 rings (SSSR count). The van der Waals surface area contributed by atoms with Crippen molar-refractivity contribution in [1.29, 1.82) is 0 Å². The predicted octanol–water partition coefficient (Wildman–Crippen LogP) is 3.80. The molecule has 0 bridgehead atoms. The molecule has 0 heterocycles. The second-order valence-corrected chi connectivity index (χ2v) is 10.9. The summed E-state index contributed by atoms with van der Waals surface area (Å²) >= 11 is 4.31. The van der Waals surface area contributed by atoms with Gasteiger partial charge in [0.1, 0.15) is 24.2 Å². The van der Waals surface area contributed by atoms with E-state index in [9.17, 15) is 19.2 Å². The van der Waals surface area contributed by atoms with E-state index in [-0.39, 0.29) is 18.3 Å². The SMILES string of the molecule is COC(=O)CNC(=O)C(c1cccc(C)c1)N(C(=O)C(CS)NC(=O)OC(C)(C)C)C(C)CCC(C)C. The highest BCUT2D eigenvalue weighted by atomic mass is 32.1. The van der Waals surface area contributed by atoms with Gasteiger partial charge in [-0.3, -0.25) is 14.4 Å². The van der Waals surface area contributed by atoms with Gasteiger partial charge in [0.05, 0.1) is 7.11 Å². The molecule has 37 heavy (non-hydrogen) atoms. The first-order valence-electron chi connectivity index (χ1n) is 12.5. The smallest absolute Gasteiger partial charge is 0.408 e. The first kappa shape index (κ1) is 32.3. The minimum Gasteiger partial charge on any atom is -0.468 e. The van der Waals surface area contributed by atoms with Crippen molar-refractivity contribution >= 4 is 36.5 Å². The molecule has 0 fully saturated rings. The van der Waals surface area contributed by atoms with Crippen LogP contribution >= 0.6 is 12.6 Å². The molecule has 2 N–H and O–H groups in total. The van der Waals surface area contributed by atoms with Crippen LogP contribution in [0.3, 0.4) is 0 Å². The number of aryl methyl sites for hydroxylation is 1. The summed E-state index contributed by atoms with van der Waals surface area (Å²) in [6.07, 6.45) is 0.694. The second kappa shape index (κ2) is 14.9. The Morgan fingerprint density at radius 1 is 1.08 bits per heavy atom. The van der Waals surface area contributed by atoms with E-state index in [1.54, 1.807) is 26.8 Å². The van der Waals surface area contributed by atoms with Crippen LogP contribution in [-0.2, 0) is 23.9 Å². The summed E-state index contributed by atoms with van der Waals surface area (Å²) in [6.45, 7) is 12.8. The third-order valence-corrected chi connectivity index (χ3v) is 5.95. The van der Waals surface area contributed by atoms with Gasteiger partial charge >= 0.3 is 12.1 Å². The lowest BCUT2D eigenvalue weighted by atomic mass is 9.96. The number of nitrogens with zero attached hydrogens (tertiary/aromatic N) is 1. The minimum atomic E-state index is -1.05. The van der Waals surface area contributed by atoms with Gasteiger partial charge in [-0.05, 0) is 58.9 Å². The number of alkyl carbamates (subject to hydrolysis) is 1. The number of ether oxygens (including phenoxy) is 2. The summed E-state index contributed by atoms with van der Waals surface area (Å²) in [5.41, 5.74) is 0.738. The van der Waals surface area contributed by atoms with E-state index in [1.165, 1.54) is 12.0 Å². The highest BCUT2D eigenvalue weighted by Gasteiger charge is 2.38. The van der Waals surface area contributed by atoms with E-state index in [0.717, 1.165) is 12.0 Å². The van der Waals surface area contributed by atoms with Gasteiger partial charge in [-0.25, -0.2) is 4.79 Å². The van der Waals surface area contributed by atoms with Gasteiger partial charge in [0.25, 0.3) is 0 Å². The van der Waals surface area contributed by atoms with E-state index >= 15 is 0 Å². The quantitative estimate of drug-likeness (QED) is 0.276. The highest BCUT2D eigenvalue weighted by molar-refractivity contribution is 7.80. The highest BCUT2D eigenvalue weighted by Crippen LogP contribution is 2.28. The van der Waals surface area contributed by atoms with Gasteiger partial charge < -0.3 is 25.0 Å². The summed E-state index contributed by atoms with van der Waals surface area (Å²) in [4.78, 5) is 53.3. The number of carbonyl (C=O) groups excluding carboxylic acids is 4. The second-order valence-electron chi connectivity index (χ2n) is 10.6. The first-order chi connectivity index (χ1) is 17.2. The number of rotatable bonds is 12. The Labute approximate surface area is 226 Å². The third-order valence-electron chi connectivity index (χ3n) is 5.58. The van der Waals surface area contributed by atoms with Crippen LogP contribution in [0.2, 0.25) is 0 Å². The Bertz CT molecular complexity index is 931. The molecule has 1 aromatic carbocycles. The van der Waals surface area contributed by atoms with Gasteiger partial charge in [0, 0.05) is 11.8 Å². The number of benzene rings is 1. The van der Waals surface area contributed by atoms with Crippen LogP contribution in [0.1, 0.15) is 71.6 Å². The molecule has 3 amide bonds. The summed E-state index contributed by atoms with van der Waals surface area (Å²) in [7, 11) is 1.23. The van der Waals surface area contributed by atoms with Crippen LogP contribution in [-0.4, -0.2) is 65.9 Å². The standard InChI is InChI=1S/C27H43N3O6S/c1-17(2)12-13-19(4)30(25(33)21(16-37)29-26(34)36-27(5,6)7)23(20-11-9-10-18(3)14-20)24(32)28-15-22(31)35-8/h9-11,14,17,19,21,23,37H,12-13,15-16H2,1-8H3,(H,28,32)(H,29,34). The van der Waals surface area contributed by atoms with Crippen molar-refractivity contribution in [1.82, 2.24) is 15.5 Å². The predicted molar refractivity (Wildman–Crippen MR) is 146 cm³/mol. The number of hydrogen-bond donors (Lipinski definition) is 3. The van der Waals surface area contributed by atoms with Crippen LogP contribution in [0.5, 0.6) is 0 Å². The molecular formula is C27H43N3O6S. The number of methoxy groups -OCH3 is 1. The molecule has 0 spiro atoms. The largest absolute Gasteiger partial charge is 0.468 e. The Morgan fingerprint density at radius 2 is 1.73 bits per heavy atom. The fraction of sp³-hybridized carbons (Fsp3) is 0.630. The van der Waals surface area contributed by atoms with E-state index in [2.05, 4.69) is 41.8 Å². The average Bonchev–Trinajstić information content (AvgIpc) is 2.80. The fourth-order valence-electron chi connectivity index (χ4n) is 3.73. The summed E-state index contributed by atoms with van der Waals surface area (Å²) < 4.78 is 10.00. The number of amides is 3. The van der Waals surface area contributed by atoms with E-state index in [4.69, 9.17) is 4.74 Å². The lowest BCUT2D eigenvalue weighted by molar-refractivity contribution is -0.146. The van der Waals surface area contributed by atoms with Crippen LogP contribution < -0.4 is 10.6 Å². The molecule has 0 aromatic heterocycles. The van der Waals surface area contributed by atoms with Crippen LogP contribution in [0.4, 0.5) is 4.79 Å². The number of thiol groups is 1. The van der Waals surface area contributed by atoms with Gasteiger partial charge in [-0.1, -0.05) is 43.7 Å². The first-order valence-corrected chi connectivity index (χ1v) is 13.2. The normalized spacial score (nSPS) is 13.8. The summed E-state index contributed by atoms with van der Waals surface area (Å²) in [6, 6.07) is 4.83. The van der Waals surface area contributed by atoms with E-state index in [1.807, 2.05) is 32.0 Å². The lowest BCUT2D eigenvalue weighted by Gasteiger charge is -2.38. The zero-order valence-electron chi connectivity index (χ0n) is 23.3. The molecule has 3 atom stereocenters. The van der Waals surface area contributed by atoms with Crippen molar-refractivity contribution in [2.75, 3.05) is 19.4 Å². The molecule has 0 radical (unpaired) electrons. The Kier molecular flexibility index (Phi) is 13.0. The van der Waals surface area contributed by atoms with Crippen molar-refractivity contribution in [3.63, 3.8) is 0 Å².